The van der Waals surface area contributed by atoms with Gasteiger partial charge in [-0.15, -0.1) is 0 Å². The molecule has 1 amide bonds. The number of anilines is 1. The highest BCUT2D eigenvalue weighted by atomic mass is 79.9. The van der Waals surface area contributed by atoms with Crippen molar-refractivity contribution in [1.82, 2.24) is 15.4 Å². The Morgan fingerprint density at radius 1 is 1.35 bits per heavy atom. The van der Waals surface area contributed by atoms with Crippen molar-refractivity contribution in [3.05, 3.63) is 40.1 Å². The summed E-state index contributed by atoms with van der Waals surface area (Å²) in [7, 11) is 0. The van der Waals surface area contributed by atoms with Crippen LogP contribution in [0.5, 0.6) is 0 Å². The summed E-state index contributed by atoms with van der Waals surface area (Å²) < 4.78 is 26.5. The lowest BCUT2D eigenvalue weighted by Gasteiger charge is -2.05. The Bertz CT molecular complexity index is 558. The second kappa shape index (κ2) is 4.58. The van der Waals surface area contributed by atoms with Crippen LogP contribution in [0.4, 0.5) is 14.5 Å². The van der Waals surface area contributed by atoms with Gasteiger partial charge in [0.2, 0.25) is 0 Å². The predicted molar refractivity (Wildman–Crippen MR) is 58.4 cm³/mol. The lowest BCUT2D eigenvalue weighted by Crippen LogP contribution is -2.13. The van der Waals surface area contributed by atoms with E-state index >= 15 is 0 Å². The molecule has 5 nitrogen and oxygen atoms in total. The Balaban J connectivity index is 2.25. The number of aromatic nitrogens is 3. The number of nitrogens with one attached hydrogen (secondary N) is 2. The zero-order valence-electron chi connectivity index (χ0n) is 8.17. The summed E-state index contributed by atoms with van der Waals surface area (Å²) in [6, 6.07) is 1.80. The fourth-order valence-corrected chi connectivity index (χ4v) is 1.43. The van der Waals surface area contributed by atoms with Crippen molar-refractivity contribution in [2.45, 2.75) is 0 Å². The third-order valence-corrected chi connectivity index (χ3v) is 2.51. The fraction of sp³-hybridized carbons (Fsp3) is 0. The van der Waals surface area contributed by atoms with Gasteiger partial charge in [0.1, 0.15) is 11.6 Å². The van der Waals surface area contributed by atoms with E-state index in [2.05, 4.69) is 36.7 Å². The average molecular weight is 303 g/mol. The first-order chi connectivity index (χ1) is 8.08. The normalized spacial score (nSPS) is 10.3. The molecule has 0 aliphatic heterocycles. The van der Waals surface area contributed by atoms with E-state index in [4.69, 9.17) is 0 Å². The molecule has 8 heteroatoms. The summed E-state index contributed by atoms with van der Waals surface area (Å²) in [5, 5.41) is 11.4. The predicted octanol–water partition coefficient (Wildman–Crippen LogP) is 2.10. The van der Waals surface area contributed by atoms with Crippen LogP contribution < -0.4 is 5.32 Å². The van der Waals surface area contributed by atoms with Crippen LogP contribution in [0.1, 0.15) is 10.5 Å². The van der Waals surface area contributed by atoms with Crippen LogP contribution in [0, 0.1) is 11.6 Å². The maximum absolute atomic E-state index is 13.4. The molecule has 2 rings (SSSR count). The molecular weight excluding hydrogens is 298 g/mol. The van der Waals surface area contributed by atoms with Gasteiger partial charge in [0, 0.05) is 6.07 Å². The van der Waals surface area contributed by atoms with Gasteiger partial charge in [0.25, 0.3) is 5.91 Å². The van der Waals surface area contributed by atoms with Crippen molar-refractivity contribution in [1.29, 1.82) is 0 Å². The first-order valence-corrected chi connectivity index (χ1v) is 5.19. The van der Waals surface area contributed by atoms with Gasteiger partial charge in [-0.05, 0) is 22.0 Å². The number of aromatic amines is 1. The molecule has 0 saturated carbocycles. The highest BCUT2D eigenvalue weighted by Crippen LogP contribution is 2.23. The second-order valence-corrected chi connectivity index (χ2v) is 3.91. The first kappa shape index (κ1) is 11.6. The molecule has 0 aliphatic rings. The number of hydrogen-bond acceptors (Lipinski definition) is 3. The molecule has 2 aromatic rings. The average Bonchev–Trinajstić information content (AvgIpc) is 2.79. The van der Waals surface area contributed by atoms with Gasteiger partial charge in [-0.1, -0.05) is 0 Å². The molecule has 17 heavy (non-hydrogen) atoms. The topological polar surface area (TPSA) is 70.7 Å². The molecule has 0 saturated heterocycles. The Kier molecular flexibility index (Phi) is 3.14. The quantitative estimate of drug-likeness (QED) is 0.835. The number of nitrogens with zero attached hydrogens (tertiary/aromatic N) is 2. The van der Waals surface area contributed by atoms with E-state index in [9.17, 15) is 13.6 Å². The van der Waals surface area contributed by atoms with Crippen molar-refractivity contribution in [2.24, 2.45) is 0 Å². The van der Waals surface area contributed by atoms with Gasteiger partial charge in [0.15, 0.2) is 5.69 Å². The highest BCUT2D eigenvalue weighted by molar-refractivity contribution is 9.10. The molecule has 0 aliphatic carbocycles. The third-order valence-electron chi connectivity index (χ3n) is 1.91. The van der Waals surface area contributed by atoms with Crippen molar-refractivity contribution in [3.8, 4) is 0 Å². The van der Waals surface area contributed by atoms with Gasteiger partial charge < -0.3 is 5.32 Å². The summed E-state index contributed by atoms with van der Waals surface area (Å²) >= 11 is 2.83. The van der Waals surface area contributed by atoms with E-state index in [1.165, 1.54) is 6.20 Å². The van der Waals surface area contributed by atoms with Crippen LogP contribution in [0.15, 0.2) is 22.8 Å². The summed E-state index contributed by atoms with van der Waals surface area (Å²) in [5.41, 5.74) is -0.286. The molecule has 88 valence electrons. The molecule has 0 fully saturated rings. The molecule has 0 atom stereocenters. The van der Waals surface area contributed by atoms with E-state index < -0.39 is 17.5 Å². The Morgan fingerprint density at radius 3 is 2.76 bits per heavy atom. The van der Waals surface area contributed by atoms with Crippen molar-refractivity contribution >= 4 is 27.5 Å². The van der Waals surface area contributed by atoms with E-state index in [0.29, 0.717) is 0 Å². The number of hydrogen-bond donors (Lipinski definition) is 2. The van der Waals surface area contributed by atoms with Gasteiger partial charge in [-0.2, -0.15) is 15.4 Å². The van der Waals surface area contributed by atoms with Crippen LogP contribution in [0.2, 0.25) is 0 Å². The number of carbonyl (C=O) groups is 1. The smallest absolute Gasteiger partial charge is 0.277 e. The van der Waals surface area contributed by atoms with E-state index in [1.54, 1.807) is 0 Å². The molecule has 0 unspecified atom stereocenters. The lowest BCUT2D eigenvalue weighted by molar-refractivity contribution is 0.102. The highest BCUT2D eigenvalue weighted by Gasteiger charge is 2.13. The second-order valence-electron chi connectivity index (χ2n) is 3.06. The van der Waals surface area contributed by atoms with Crippen LogP contribution in [0.3, 0.4) is 0 Å². The first-order valence-electron chi connectivity index (χ1n) is 4.39. The zero-order valence-corrected chi connectivity index (χ0v) is 9.75. The molecule has 0 spiro atoms. The summed E-state index contributed by atoms with van der Waals surface area (Å²) in [4.78, 5) is 11.5. The summed E-state index contributed by atoms with van der Waals surface area (Å²) in [5.74, 6) is -2.11. The van der Waals surface area contributed by atoms with E-state index in [-0.39, 0.29) is 15.9 Å². The van der Waals surface area contributed by atoms with Crippen LogP contribution in [0.25, 0.3) is 0 Å². The molecule has 0 radical (unpaired) electrons. The molecule has 1 aromatic heterocycles. The number of amides is 1. The maximum atomic E-state index is 13.4. The van der Waals surface area contributed by atoms with E-state index in [1.807, 2.05) is 0 Å². The monoisotopic (exact) mass is 302 g/mol. The number of H-pyrrole nitrogens is 1. The number of benzene rings is 1. The minimum absolute atomic E-state index is 0.0190. The zero-order chi connectivity index (χ0) is 12.4. The largest absolute Gasteiger partial charge is 0.318 e. The Hall–Kier alpha value is -1.83. The Morgan fingerprint density at radius 2 is 2.12 bits per heavy atom. The number of halogens is 3. The maximum Gasteiger partial charge on any atom is 0.277 e. The van der Waals surface area contributed by atoms with Crippen molar-refractivity contribution in [3.63, 3.8) is 0 Å². The van der Waals surface area contributed by atoms with Crippen LogP contribution in [-0.4, -0.2) is 21.3 Å². The third kappa shape index (κ3) is 2.47. The molecule has 1 heterocycles. The van der Waals surface area contributed by atoms with Gasteiger partial charge in [0.05, 0.1) is 16.4 Å². The standard InChI is InChI=1S/C9H5BrF2N4O/c10-4-1-6(12)7(2-5(4)11)14-9(17)8-3-13-16-15-8/h1-3H,(H,14,17)(H,13,15,16). The van der Waals surface area contributed by atoms with Gasteiger partial charge >= 0.3 is 0 Å². The van der Waals surface area contributed by atoms with Crippen LogP contribution in [-0.2, 0) is 0 Å². The van der Waals surface area contributed by atoms with Crippen molar-refractivity contribution < 1.29 is 13.6 Å². The molecular formula is C9H5BrF2N4O. The molecule has 2 N–H and O–H groups in total. The van der Waals surface area contributed by atoms with Gasteiger partial charge in [-0.25, -0.2) is 8.78 Å². The Labute approximate surface area is 102 Å². The molecule has 0 bridgehead atoms. The number of rotatable bonds is 2. The SMILES string of the molecule is O=C(Nc1cc(F)c(Br)cc1F)c1cn[nH]n1. The fourth-order valence-electron chi connectivity index (χ4n) is 1.12. The summed E-state index contributed by atoms with van der Waals surface area (Å²) in [6.45, 7) is 0. The van der Waals surface area contributed by atoms with E-state index in [0.717, 1.165) is 12.1 Å². The minimum Gasteiger partial charge on any atom is -0.318 e. The minimum atomic E-state index is -0.755. The lowest BCUT2D eigenvalue weighted by atomic mass is 10.3. The summed E-state index contributed by atoms with van der Waals surface area (Å²) in [6.07, 6.45) is 1.17. The van der Waals surface area contributed by atoms with Crippen LogP contribution >= 0.6 is 15.9 Å². The molecule has 1 aromatic carbocycles. The number of carbonyl (C=O) groups excluding carboxylic acids is 1. The van der Waals surface area contributed by atoms with Gasteiger partial charge in [-0.3, -0.25) is 4.79 Å². The van der Waals surface area contributed by atoms with Crippen molar-refractivity contribution in [2.75, 3.05) is 5.32 Å².